The molecular formula is C17H22N4O5S. The highest BCUT2D eigenvalue weighted by Crippen LogP contribution is 2.36. The number of rotatable bonds is 6. The van der Waals surface area contributed by atoms with Crippen molar-refractivity contribution in [2.24, 2.45) is 0 Å². The van der Waals surface area contributed by atoms with Gasteiger partial charge in [0, 0.05) is 18.2 Å². The maximum Gasteiger partial charge on any atom is 0.244 e. The molecule has 10 heteroatoms. The fraction of sp³-hybridized carbons (Fsp3) is 0.529. The van der Waals surface area contributed by atoms with Gasteiger partial charge in [-0.2, -0.15) is 4.98 Å². The predicted molar refractivity (Wildman–Crippen MR) is 96.8 cm³/mol. The number of hydrogen-bond acceptors (Lipinski definition) is 8. The van der Waals surface area contributed by atoms with Crippen LogP contribution in [-0.2, 0) is 10.0 Å². The lowest BCUT2D eigenvalue weighted by atomic mass is 10.1. The van der Waals surface area contributed by atoms with Crippen LogP contribution in [0.3, 0.4) is 0 Å². The van der Waals surface area contributed by atoms with Crippen LogP contribution in [0.25, 0.3) is 11.4 Å². The highest BCUT2D eigenvalue weighted by molar-refractivity contribution is 7.89. The predicted octanol–water partition coefficient (Wildman–Crippen LogP) is 1.54. The van der Waals surface area contributed by atoms with Gasteiger partial charge < -0.3 is 14.0 Å². The Labute approximate surface area is 157 Å². The topological polar surface area (TPSA) is 107 Å². The first-order valence-corrected chi connectivity index (χ1v) is 10.5. The van der Waals surface area contributed by atoms with Crippen LogP contribution in [0, 0.1) is 0 Å². The van der Waals surface area contributed by atoms with E-state index in [0.717, 1.165) is 5.56 Å². The first-order valence-electron chi connectivity index (χ1n) is 8.89. The standard InChI is InChI=1S/C17H22N4O5S/c1-3-6-27(22,23)20-12-8-13(21(2)9-12)17-18-16(19-26-17)11-4-5-14-15(7-11)25-10-24-14/h4-5,7,12-13,20H,3,6,8-10H2,1-2H3/t12-,13+/m1/s1. The van der Waals surface area contributed by atoms with Gasteiger partial charge in [-0.25, -0.2) is 13.1 Å². The van der Waals surface area contributed by atoms with Gasteiger partial charge in [-0.1, -0.05) is 12.1 Å². The third-order valence-electron chi connectivity index (χ3n) is 4.72. The van der Waals surface area contributed by atoms with Gasteiger partial charge in [-0.3, -0.25) is 4.90 Å². The molecule has 9 nitrogen and oxygen atoms in total. The Bertz CT molecular complexity index is 929. The number of likely N-dealkylation sites (tertiary alicyclic amines) is 1. The average molecular weight is 394 g/mol. The molecule has 1 saturated heterocycles. The smallest absolute Gasteiger partial charge is 0.244 e. The van der Waals surface area contributed by atoms with E-state index in [4.69, 9.17) is 14.0 Å². The molecule has 3 heterocycles. The number of ether oxygens (including phenoxy) is 2. The van der Waals surface area contributed by atoms with Crippen LogP contribution in [0.5, 0.6) is 11.5 Å². The van der Waals surface area contributed by atoms with Crippen molar-refractivity contribution in [1.29, 1.82) is 0 Å². The Hall–Kier alpha value is -2.17. The van der Waals surface area contributed by atoms with Crippen molar-refractivity contribution < 1.29 is 22.4 Å². The van der Waals surface area contributed by atoms with Gasteiger partial charge >= 0.3 is 0 Å². The number of benzene rings is 1. The summed E-state index contributed by atoms with van der Waals surface area (Å²) in [6.45, 7) is 2.65. The van der Waals surface area contributed by atoms with E-state index < -0.39 is 10.0 Å². The molecule has 1 fully saturated rings. The highest BCUT2D eigenvalue weighted by atomic mass is 32.2. The Balaban J connectivity index is 1.48. The molecule has 2 atom stereocenters. The summed E-state index contributed by atoms with van der Waals surface area (Å²) in [5, 5.41) is 4.07. The van der Waals surface area contributed by atoms with E-state index in [-0.39, 0.29) is 24.6 Å². The quantitative estimate of drug-likeness (QED) is 0.786. The van der Waals surface area contributed by atoms with Crippen LogP contribution in [0.1, 0.15) is 31.7 Å². The van der Waals surface area contributed by atoms with E-state index in [2.05, 4.69) is 14.9 Å². The van der Waals surface area contributed by atoms with Crippen molar-refractivity contribution in [3.05, 3.63) is 24.1 Å². The van der Waals surface area contributed by atoms with Gasteiger partial charge in [-0.05, 0) is 38.1 Å². The van der Waals surface area contributed by atoms with Gasteiger partial charge in [-0.15, -0.1) is 0 Å². The van der Waals surface area contributed by atoms with E-state index in [0.29, 0.717) is 42.6 Å². The minimum atomic E-state index is -3.26. The zero-order chi connectivity index (χ0) is 19.0. The summed E-state index contributed by atoms with van der Waals surface area (Å²) in [5.41, 5.74) is 0.773. The average Bonchev–Trinajstić information content (AvgIpc) is 3.32. The molecule has 0 amide bonds. The van der Waals surface area contributed by atoms with E-state index in [1.807, 2.05) is 37.1 Å². The number of fused-ring (bicyclic) bond motifs is 1. The fourth-order valence-corrected chi connectivity index (χ4v) is 4.81. The van der Waals surface area contributed by atoms with Crippen LogP contribution >= 0.6 is 0 Å². The second-order valence-corrected chi connectivity index (χ2v) is 8.72. The Morgan fingerprint density at radius 2 is 2.11 bits per heavy atom. The SMILES string of the molecule is CCCS(=O)(=O)N[C@@H]1C[C@@H](c2nc(-c3ccc4c(c3)OCO4)no2)N(C)C1. The molecule has 146 valence electrons. The van der Waals surface area contributed by atoms with Crippen molar-refractivity contribution in [3.8, 4) is 22.9 Å². The van der Waals surface area contributed by atoms with Crippen LogP contribution < -0.4 is 14.2 Å². The number of aromatic nitrogens is 2. The highest BCUT2D eigenvalue weighted by Gasteiger charge is 2.36. The first-order chi connectivity index (χ1) is 12.9. The first kappa shape index (κ1) is 18.2. The van der Waals surface area contributed by atoms with Gasteiger partial charge in [0.2, 0.25) is 28.5 Å². The Morgan fingerprint density at radius 3 is 2.93 bits per heavy atom. The van der Waals surface area contributed by atoms with E-state index in [1.165, 1.54) is 0 Å². The molecule has 1 aromatic carbocycles. The summed E-state index contributed by atoms with van der Waals surface area (Å²) < 4.78 is 43.0. The Kier molecular flexibility index (Phi) is 4.79. The lowest BCUT2D eigenvalue weighted by molar-refractivity contribution is 0.174. The molecule has 1 N–H and O–H groups in total. The maximum atomic E-state index is 12.0. The second kappa shape index (κ2) is 7.10. The Morgan fingerprint density at radius 1 is 1.30 bits per heavy atom. The van der Waals surface area contributed by atoms with Crippen molar-refractivity contribution in [3.63, 3.8) is 0 Å². The summed E-state index contributed by atoms with van der Waals surface area (Å²) in [6, 6.07) is 5.18. The lowest BCUT2D eigenvalue weighted by Crippen LogP contribution is -2.37. The maximum absolute atomic E-state index is 12.0. The second-order valence-electron chi connectivity index (χ2n) is 6.85. The number of nitrogens with zero attached hydrogens (tertiary/aromatic N) is 3. The summed E-state index contributed by atoms with van der Waals surface area (Å²) in [6.07, 6.45) is 1.17. The van der Waals surface area contributed by atoms with Crippen molar-refractivity contribution in [2.75, 3.05) is 26.1 Å². The van der Waals surface area contributed by atoms with E-state index in [1.54, 1.807) is 0 Å². The summed E-state index contributed by atoms with van der Waals surface area (Å²) in [7, 11) is -1.34. The van der Waals surface area contributed by atoms with Crippen LogP contribution in [-0.4, -0.2) is 55.6 Å². The van der Waals surface area contributed by atoms with Crippen molar-refractivity contribution in [1.82, 2.24) is 19.8 Å². The molecular weight excluding hydrogens is 372 g/mol. The van der Waals surface area contributed by atoms with Gasteiger partial charge in [0.1, 0.15) is 0 Å². The normalized spacial score (nSPS) is 22.4. The third kappa shape index (κ3) is 3.78. The summed E-state index contributed by atoms with van der Waals surface area (Å²) in [4.78, 5) is 6.54. The number of hydrogen-bond donors (Lipinski definition) is 1. The number of likely N-dealkylation sites (N-methyl/N-ethyl adjacent to an activating group) is 1. The zero-order valence-corrected chi connectivity index (χ0v) is 16.0. The monoisotopic (exact) mass is 394 g/mol. The molecule has 4 rings (SSSR count). The fourth-order valence-electron chi connectivity index (χ4n) is 3.48. The van der Waals surface area contributed by atoms with Crippen LogP contribution in [0.15, 0.2) is 22.7 Å². The third-order valence-corrected chi connectivity index (χ3v) is 6.36. The largest absolute Gasteiger partial charge is 0.454 e. The van der Waals surface area contributed by atoms with Crippen LogP contribution in [0.4, 0.5) is 0 Å². The molecule has 0 radical (unpaired) electrons. The van der Waals surface area contributed by atoms with Gasteiger partial charge in [0.05, 0.1) is 11.8 Å². The number of sulfonamides is 1. The summed E-state index contributed by atoms with van der Waals surface area (Å²) in [5.74, 6) is 2.42. The van der Waals surface area contributed by atoms with Gasteiger partial charge in [0.25, 0.3) is 0 Å². The minimum absolute atomic E-state index is 0.130. The molecule has 0 aliphatic carbocycles. The number of nitrogens with one attached hydrogen (secondary N) is 1. The van der Waals surface area contributed by atoms with Crippen molar-refractivity contribution in [2.45, 2.75) is 31.8 Å². The molecule has 1 aromatic heterocycles. The summed E-state index contributed by atoms with van der Waals surface area (Å²) >= 11 is 0. The van der Waals surface area contributed by atoms with Crippen molar-refractivity contribution >= 4 is 10.0 Å². The van der Waals surface area contributed by atoms with Gasteiger partial charge in [0.15, 0.2) is 11.5 Å². The molecule has 2 aliphatic heterocycles. The molecule has 2 aliphatic rings. The molecule has 2 aromatic rings. The molecule has 0 bridgehead atoms. The molecule has 0 spiro atoms. The molecule has 27 heavy (non-hydrogen) atoms. The molecule has 0 unspecified atom stereocenters. The van der Waals surface area contributed by atoms with Crippen LogP contribution in [0.2, 0.25) is 0 Å². The minimum Gasteiger partial charge on any atom is -0.454 e. The lowest BCUT2D eigenvalue weighted by Gasteiger charge is -2.14. The molecule has 0 saturated carbocycles. The van der Waals surface area contributed by atoms with E-state index in [9.17, 15) is 8.42 Å². The zero-order valence-electron chi connectivity index (χ0n) is 15.2. The van der Waals surface area contributed by atoms with E-state index >= 15 is 0 Å².